The first-order chi connectivity index (χ1) is 5.20. The topological polar surface area (TPSA) is 60.7 Å². The number of aliphatic hydroxyl groups is 3. The second kappa shape index (κ2) is 6.09. The van der Waals surface area contributed by atoms with E-state index in [1.165, 1.54) is 12.2 Å². The molecule has 0 amide bonds. The van der Waals surface area contributed by atoms with Crippen LogP contribution in [0.4, 0.5) is 0 Å². The fourth-order valence-electron chi connectivity index (χ4n) is 0.565. The lowest BCUT2D eigenvalue weighted by Gasteiger charge is -1.96. The van der Waals surface area contributed by atoms with E-state index in [0.717, 1.165) is 0 Å². The van der Waals surface area contributed by atoms with Gasteiger partial charge < -0.3 is 15.3 Å². The minimum atomic E-state index is -0.524. The van der Waals surface area contributed by atoms with Gasteiger partial charge in [0, 0.05) is 0 Å². The third-order valence-corrected chi connectivity index (χ3v) is 1.12. The second-order valence-electron chi connectivity index (χ2n) is 2.22. The smallest absolute Gasteiger partial charge is 0.0695 e. The maximum atomic E-state index is 8.81. The molecule has 3 N–H and O–H groups in total. The minimum absolute atomic E-state index is 0.0972. The van der Waals surface area contributed by atoms with E-state index in [1.807, 2.05) is 0 Å². The molecule has 0 aromatic carbocycles. The molecule has 0 rings (SSSR count). The lowest BCUT2D eigenvalue weighted by molar-refractivity contribution is 0.244. The van der Waals surface area contributed by atoms with Crippen LogP contribution < -0.4 is 0 Å². The third kappa shape index (κ3) is 5.79. The normalized spacial score (nSPS) is 15.8. The first-order valence-corrected chi connectivity index (χ1v) is 3.47. The lowest BCUT2D eigenvalue weighted by atomic mass is 10.2. The fourth-order valence-corrected chi connectivity index (χ4v) is 0.565. The predicted octanol–water partition coefficient (Wildman–Crippen LogP) is -0.166. The van der Waals surface area contributed by atoms with Crippen LogP contribution >= 0.6 is 0 Å². The molecular formula is C8H14O3. The van der Waals surface area contributed by atoms with E-state index >= 15 is 0 Å². The van der Waals surface area contributed by atoms with Gasteiger partial charge in [-0.2, -0.15) is 0 Å². The van der Waals surface area contributed by atoms with Crippen LogP contribution in [-0.4, -0.2) is 34.6 Å². The van der Waals surface area contributed by atoms with Crippen molar-refractivity contribution in [2.75, 3.05) is 13.2 Å². The Labute approximate surface area is 66.3 Å². The number of rotatable bonds is 4. The Balaban J connectivity index is 3.97. The highest BCUT2D eigenvalue weighted by atomic mass is 16.3. The lowest BCUT2D eigenvalue weighted by Crippen LogP contribution is -1.94. The van der Waals surface area contributed by atoms with Crippen molar-refractivity contribution in [3.05, 3.63) is 23.8 Å². The Hall–Kier alpha value is -0.640. The van der Waals surface area contributed by atoms with Crippen molar-refractivity contribution in [2.24, 2.45) is 0 Å². The fraction of sp³-hybridized carbons (Fsp3) is 0.500. The van der Waals surface area contributed by atoms with Gasteiger partial charge in [0.15, 0.2) is 0 Å². The molecule has 1 atom stereocenters. The summed E-state index contributed by atoms with van der Waals surface area (Å²) < 4.78 is 0. The highest BCUT2D eigenvalue weighted by Crippen LogP contribution is 1.96. The van der Waals surface area contributed by atoms with Gasteiger partial charge in [-0.05, 0) is 12.5 Å². The molecule has 0 radical (unpaired) electrons. The van der Waals surface area contributed by atoms with Crippen LogP contribution in [0.3, 0.4) is 0 Å². The zero-order chi connectivity index (χ0) is 8.69. The standard InChI is InChI=1S/C8H14O3/c1-7(11)2-3-8(6-10)4-5-9/h2-4,7,9-11H,5-6H2,1H3/b3-2-,8-4+. The Morgan fingerprint density at radius 2 is 2.09 bits per heavy atom. The van der Waals surface area contributed by atoms with E-state index in [-0.39, 0.29) is 13.2 Å². The second-order valence-corrected chi connectivity index (χ2v) is 2.22. The summed E-state index contributed by atoms with van der Waals surface area (Å²) in [5.41, 5.74) is 0.605. The molecule has 11 heavy (non-hydrogen) atoms. The van der Waals surface area contributed by atoms with E-state index in [9.17, 15) is 0 Å². The molecule has 0 saturated carbocycles. The molecular weight excluding hydrogens is 144 g/mol. The maximum absolute atomic E-state index is 8.81. The third-order valence-electron chi connectivity index (χ3n) is 1.12. The summed E-state index contributed by atoms with van der Waals surface area (Å²) in [6.45, 7) is 1.40. The van der Waals surface area contributed by atoms with E-state index in [1.54, 1.807) is 13.0 Å². The van der Waals surface area contributed by atoms with Gasteiger partial charge >= 0.3 is 0 Å². The average molecular weight is 158 g/mol. The van der Waals surface area contributed by atoms with E-state index in [4.69, 9.17) is 15.3 Å². The van der Waals surface area contributed by atoms with Crippen LogP contribution in [0.15, 0.2) is 23.8 Å². The highest BCUT2D eigenvalue weighted by molar-refractivity contribution is 5.19. The zero-order valence-electron chi connectivity index (χ0n) is 6.57. The summed E-state index contributed by atoms with van der Waals surface area (Å²) in [6.07, 6.45) is 4.08. The summed E-state index contributed by atoms with van der Waals surface area (Å²) in [4.78, 5) is 0. The molecule has 0 aliphatic heterocycles. The van der Waals surface area contributed by atoms with Crippen molar-refractivity contribution in [2.45, 2.75) is 13.0 Å². The van der Waals surface area contributed by atoms with Gasteiger partial charge in [-0.25, -0.2) is 0 Å². The number of hydrogen-bond acceptors (Lipinski definition) is 3. The summed E-state index contributed by atoms with van der Waals surface area (Å²) in [6, 6.07) is 0. The Kier molecular flexibility index (Phi) is 5.74. The molecule has 64 valence electrons. The number of hydrogen-bond donors (Lipinski definition) is 3. The monoisotopic (exact) mass is 158 g/mol. The van der Waals surface area contributed by atoms with Gasteiger partial charge in [-0.15, -0.1) is 0 Å². The van der Waals surface area contributed by atoms with Gasteiger partial charge in [-0.3, -0.25) is 0 Å². The minimum Gasteiger partial charge on any atom is -0.392 e. The van der Waals surface area contributed by atoms with Crippen molar-refractivity contribution in [1.29, 1.82) is 0 Å². The van der Waals surface area contributed by atoms with Crippen molar-refractivity contribution in [3.8, 4) is 0 Å². The number of aliphatic hydroxyl groups excluding tert-OH is 3. The molecule has 0 fully saturated rings. The molecule has 0 heterocycles. The molecule has 0 aromatic rings. The maximum Gasteiger partial charge on any atom is 0.0695 e. The van der Waals surface area contributed by atoms with Crippen LogP contribution in [0.5, 0.6) is 0 Å². The largest absolute Gasteiger partial charge is 0.392 e. The van der Waals surface area contributed by atoms with Crippen molar-refractivity contribution >= 4 is 0 Å². The van der Waals surface area contributed by atoms with Gasteiger partial charge in [0.25, 0.3) is 0 Å². The van der Waals surface area contributed by atoms with Crippen LogP contribution in [0.1, 0.15) is 6.92 Å². The van der Waals surface area contributed by atoms with E-state index in [2.05, 4.69) is 0 Å². The Bertz CT molecular complexity index is 147. The van der Waals surface area contributed by atoms with Gasteiger partial charge in [-0.1, -0.05) is 18.2 Å². The Morgan fingerprint density at radius 1 is 1.45 bits per heavy atom. The first-order valence-electron chi connectivity index (χ1n) is 3.47. The van der Waals surface area contributed by atoms with E-state index < -0.39 is 6.10 Å². The van der Waals surface area contributed by atoms with Gasteiger partial charge in [0.1, 0.15) is 0 Å². The predicted molar refractivity (Wildman–Crippen MR) is 43.1 cm³/mol. The van der Waals surface area contributed by atoms with Crippen molar-refractivity contribution in [1.82, 2.24) is 0 Å². The van der Waals surface area contributed by atoms with E-state index in [0.29, 0.717) is 5.57 Å². The highest BCUT2D eigenvalue weighted by Gasteiger charge is 1.89. The first kappa shape index (κ1) is 10.4. The zero-order valence-corrected chi connectivity index (χ0v) is 6.57. The summed E-state index contributed by atoms with van der Waals surface area (Å²) >= 11 is 0. The summed E-state index contributed by atoms with van der Waals surface area (Å²) in [5, 5.41) is 25.9. The van der Waals surface area contributed by atoms with Crippen LogP contribution in [-0.2, 0) is 0 Å². The van der Waals surface area contributed by atoms with Crippen LogP contribution in [0, 0.1) is 0 Å². The van der Waals surface area contributed by atoms with Crippen molar-refractivity contribution < 1.29 is 15.3 Å². The summed E-state index contributed by atoms with van der Waals surface area (Å²) in [7, 11) is 0. The molecule has 0 saturated heterocycles. The SMILES string of the molecule is CC(O)/C=C\C(=C/CO)CO. The Morgan fingerprint density at radius 3 is 2.45 bits per heavy atom. The van der Waals surface area contributed by atoms with Crippen LogP contribution in [0.25, 0.3) is 0 Å². The average Bonchev–Trinajstić information content (AvgIpc) is 1.97. The van der Waals surface area contributed by atoms with Gasteiger partial charge in [0.05, 0.1) is 19.3 Å². The summed E-state index contributed by atoms with van der Waals surface area (Å²) in [5.74, 6) is 0. The molecule has 1 unspecified atom stereocenters. The van der Waals surface area contributed by atoms with Crippen LogP contribution in [0.2, 0.25) is 0 Å². The molecule has 3 heteroatoms. The molecule has 0 bridgehead atoms. The van der Waals surface area contributed by atoms with Gasteiger partial charge in [0.2, 0.25) is 0 Å². The molecule has 0 aliphatic carbocycles. The van der Waals surface area contributed by atoms with Crippen molar-refractivity contribution in [3.63, 3.8) is 0 Å². The quantitative estimate of drug-likeness (QED) is 0.498. The molecule has 0 aliphatic rings. The molecule has 0 spiro atoms. The molecule has 3 nitrogen and oxygen atoms in total. The molecule has 0 aromatic heterocycles.